The van der Waals surface area contributed by atoms with E-state index in [0.29, 0.717) is 6.42 Å². The smallest absolute Gasteiger partial charge is 0.273 e. The number of alkyl halides is 2. The Labute approximate surface area is 84.6 Å². The molecule has 15 heavy (non-hydrogen) atoms. The highest BCUT2D eigenvalue weighted by molar-refractivity contribution is 5.92. The minimum Gasteiger partial charge on any atom is -0.364 e. The molecule has 4 nitrogen and oxygen atoms in total. The van der Waals surface area contributed by atoms with E-state index in [2.05, 4.69) is 15.0 Å². The van der Waals surface area contributed by atoms with Crippen LogP contribution in [0.3, 0.4) is 0 Å². The molecule has 1 amide bonds. The molecule has 0 radical (unpaired) electrons. The molecule has 1 aromatic rings. The normalized spacial score (nSPS) is 24.0. The van der Waals surface area contributed by atoms with Crippen molar-refractivity contribution in [1.82, 2.24) is 10.5 Å². The van der Waals surface area contributed by atoms with Gasteiger partial charge in [-0.05, 0) is 6.42 Å². The maximum Gasteiger partial charge on any atom is 0.273 e. The maximum atomic E-state index is 12.8. The van der Waals surface area contributed by atoms with Gasteiger partial charge in [-0.2, -0.15) is 0 Å². The monoisotopic (exact) mass is 216 g/mol. The largest absolute Gasteiger partial charge is 0.364 e. The first-order valence-corrected chi connectivity index (χ1v) is 4.66. The van der Waals surface area contributed by atoms with E-state index in [9.17, 15) is 13.6 Å². The third-order valence-electron chi connectivity index (χ3n) is 2.41. The molecule has 0 saturated heterocycles. The maximum absolute atomic E-state index is 12.8. The van der Waals surface area contributed by atoms with Crippen LogP contribution >= 0.6 is 0 Å². The number of carbonyl (C=O) groups excluding carboxylic acids is 1. The van der Waals surface area contributed by atoms with Crippen molar-refractivity contribution in [3.63, 3.8) is 0 Å². The van der Waals surface area contributed by atoms with E-state index in [0.717, 1.165) is 0 Å². The summed E-state index contributed by atoms with van der Waals surface area (Å²) in [4.78, 5) is 11.4. The highest BCUT2D eigenvalue weighted by atomic mass is 19.3. The second-order valence-electron chi connectivity index (χ2n) is 3.65. The molecule has 82 valence electrons. The number of aromatic nitrogens is 1. The second-order valence-corrected chi connectivity index (χ2v) is 3.65. The van der Waals surface area contributed by atoms with Crippen LogP contribution in [0.4, 0.5) is 8.78 Å². The Balaban J connectivity index is 1.91. The quantitative estimate of drug-likeness (QED) is 0.816. The van der Waals surface area contributed by atoms with Gasteiger partial charge in [0.05, 0.1) is 0 Å². The standard InChI is InChI=1S/C9H10F2N2O2/c10-9(11)3-1-6(5-9)12-8(14)7-2-4-15-13-7/h2,4,6H,1,3,5H2,(H,12,14). The molecule has 1 N–H and O–H groups in total. The van der Waals surface area contributed by atoms with Crippen molar-refractivity contribution in [3.8, 4) is 0 Å². The first-order valence-electron chi connectivity index (χ1n) is 4.66. The summed E-state index contributed by atoms with van der Waals surface area (Å²) in [6.07, 6.45) is 1.10. The molecule has 2 rings (SSSR count). The van der Waals surface area contributed by atoms with Gasteiger partial charge in [-0.3, -0.25) is 4.79 Å². The van der Waals surface area contributed by atoms with Gasteiger partial charge in [0.2, 0.25) is 5.92 Å². The highest BCUT2D eigenvalue weighted by Gasteiger charge is 2.40. The van der Waals surface area contributed by atoms with Crippen LogP contribution in [0.15, 0.2) is 16.9 Å². The Bertz CT molecular complexity index is 351. The molecule has 0 aliphatic heterocycles. The zero-order valence-electron chi connectivity index (χ0n) is 7.87. The Morgan fingerprint density at radius 3 is 3.00 bits per heavy atom. The van der Waals surface area contributed by atoms with Crippen LogP contribution in [0.1, 0.15) is 29.8 Å². The first kappa shape index (κ1) is 10.1. The summed E-state index contributed by atoms with van der Waals surface area (Å²) in [6.45, 7) is 0. The predicted molar refractivity (Wildman–Crippen MR) is 46.6 cm³/mol. The van der Waals surface area contributed by atoms with Gasteiger partial charge in [0, 0.05) is 24.9 Å². The van der Waals surface area contributed by atoms with E-state index < -0.39 is 17.9 Å². The highest BCUT2D eigenvalue weighted by Crippen LogP contribution is 2.34. The average molecular weight is 216 g/mol. The van der Waals surface area contributed by atoms with Crippen molar-refractivity contribution in [2.24, 2.45) is 0 Å². The van der Waals surface area contributed by atoms with E-state index >= 15 is 0 Å². The SMILES string of the molecule is O=C(NC1CCC(F)(F)C1)c1ccon1. The number of amides is 1. The van der Waals surface area contributed by atoms with Crippen LogP contribution in [-0.4, -0.2) is 23.0 Å². The van der Waals surface area contributed by atoms with E-state index in [1.165, 1.54) is 12.3 Å². The molecule has 1 aliphatic carbocycles. The van der Waals surface area contributed by atoms with E-state index in [4.69, 9.17) is 0 Å². The van der Waals surface area contributed by atoms with Crippen LogP contribution in [-0.2, 0) is 0 Å². The van der Waals surface area contributed by atoms with Crippen LogP contribution in [0, 0.1) is 0 Å². The van der Waals surface area contributed by atoms with Gasteiger partial charge in [0.1, 0.15) is 6.26 Å². The Morgan fingerprint density at radius 1 is 1.67 bits per heavy atom. The van der Waals surface area contributed by atoms with Gasteiger partial charge in [-0.15, -0.1) is 0 Å². The molecule has 1 atom stereocenters. The van der Waals surface area contributed by atoms with Crippen LogP contribution in [0.25, 0.3) is 0 Å². The number of nitrogens with zero attached hydrogens (tertiary/aromatic N) is 1. The fourth-order valence-electron chi connectivity index (χ4n) is 1.66. The predicted octanol–water partition coefficient (Wildman–Crippen LogP) is 1.59. The lowest BCUT2D eigenvalue weighted by Crippen LogP contribution is -2.34. The number of halogens is 2. The molecule has 6 heteroatoms. The second kappa shape index (κ2) is 3.60. The van der Waals surface area contributed by atoms with E-state index in [1.807, 2.05) is 0 Å². The Kier molecular flexibility index (Phi) is 2.42. The lowest BCUT2D eigenvalue weighted by atomic mass is 10.2. The third kappa shape index (κ3) is 2.31. The fourth-order valence-corrected chi connectivity index (χ4v) is 1.66. The van der Waals surface area contributed by atoms with Crippen molar-refractivity contribution in [2.45, 2.75) is 31.2 Å². The molecule has 0 aromatic carbocycles. The Morgan fingerprint density at radius 2 is 2.47 bits per heavy atom. The number of hydrogen-bond acceptors (Lipinski definition) is 3. The van der Waals surface area contributed by atoms with Crippen LogP contribution in [0.5, 0.6) is 0 Å². The zero-order chi connectivity index (χ0) is 10.9. The van der Waals surface area contributed by atoms with Gasteiger partial charge in [0.15, 0.2) is 5.69 Å². The topological polar surface area (TPSA) is 55.1 Å². The third-order valence-corrected chi connectivity index (χ3v) is 2.41. The summed E-state index contributed by atoms with van der Waals surface area (Å²) >= 11 is 0. The molecular weight excluding hydrogens is 206 g/mol. The van der Waals surface area contributed by atoms with Crippen molar-refractivity contribution in [2.75, 3.05) is 0 Å². The van der Waals surface area contributed by atoms with Crippen molar-refractivity contribution in [3.05, 3.63) is 18.0 Å². The lowest BCUT2D eigenvalue weighted by Gasteiger charge is -2.11. The Hall–Kier alpha value is -1.46. The summed E-state index contributed by atoms with van der Waals surface area (Å²) in [5.41, 5.74) is 0.116. The summed E-state index contributed by atoms with van der Waals surface area (Å²) in [5.74, 6) is -3.12. The number of hydrogen-bond donors (Lipinski definition) is 1. The molecule has 0 bridgehead atoms. The van der Waals surface area contributed by atoms with Crippen molar-refractivity contribution in [1.29, 1.82) is 0 Å². The molecular formula is C9H10F2N2O2. The van der Waals surface area contributed by atoms with Crippen molar-refractivity contribution >= 4 is 5.91 Å². The lowest BCUT2D eigenvalue weighted by molar-refractivity contribution is 0.00710. The van der Waals surface area contributed by atoms with Gasteiger partial charge in [0.25, 0.3) is 5.91 Å². The number of carbonyl (C=O) groups is 1. The van der Waals surface area contributed by atoms with Gasteiger partial charge in [-0.25, -0.2) is 8.78 Å². The van der Waals surface area contributed by atoms with E-state index in [1.54, 1.807) is 0 Å². The van der Waals surface area contributed by atoms with Gasteiger partial charge < -0.3 is 9.84 Å². The molecule has 0 spiro atoms. The molecule has 1 aliphatic rings. The van der Waals surface area contributed by atoms with Gasteiger partial charge >= 0.3 is 0 Å². The van der Waals surface area contributed by atoms with Crippen molar-refractivity contribution < 1.29 is 18.1 Å². The molecule has 1 fully saturated rings. The minimum absolute atomic E-state index is 0.116. The fraction of sp³-hybridized carbons (Fsp3) is 0.556. The first-order chi connectivity index (χ1) is 7.07. The molecule has 1 aromatic heterocycles. The summed E-state index contributed by atoms with van der Waals surface area (Å²) in [7, 11) is 0. The molecule has 1 heterocycles. The van der Waals surface area contributed by atoms with Crippen LogP contribution in [0.2, 0.25) is 0 Å². The summed E-state index contributed by atoms with van der Waals surface area (Å²) in [6, 6.07) is 0.923. The van der Waals surface area contributed by atoms with E-state index in [-0.39, 0.29) is 18.5 Å². The molecule has 1 unspecified atom stereocenters. The van der Waals surface area contributed by atoms with Crippen LogP contribution < -0.4 is 5.32 Å². The average Bonchev–Trinajstić information content (AvgIpc) is 2.74. The van der Waals surface area contributed by atoms with Gasteiger partial charge in [-0.1, -0.05) is 5.16 Å². The summed E-state index contributed by atoms with van der Waals surface area (Å²) < 4.78 is 30.1. The zero-order valence-corrected chi connectivity index (χ0v) is 7.87. The number of nitrogens with one attached hydrogen (secondary N) is 1. The summed E-state index contributed by atoms with van der Waals surface area (Å²) in [5, 5.41) is 5.92. The number of rotatable bonds is 2. The minimum atomic E-state index is -2.65. The molecule has 1 saturated carbocycles.